The van der Waals surface area contributed by atoms with Crippen LogP contribution in [-0.4, -0.2) is 24.7 Å². The van der Waals surface area contributed by atoms with Crippen molar-refractivity contribution in [1.29, 1.82) is 0 Å². The third-order valence-corrected chi connectivity index (χ3v) is 3.63. The molecule has 0 radical (unpaired) electrons. The van der Waals surface area contributed by atoms with E-state index in [0.717, 1.165) is 28.4 Å². The van der Waals surface area contributed by atoms with Gasteiger partial charge in [-0.1, -0.05) is 43.4 Å². The summed E-state index contributed by atoms with van der Waals surface area (Å²) in [4.78, 5) is 0.427. The molecule has 2 aromatic rings. The summed E-state index contributed by atoms with van der Waals surface area (Å²) in [6, 6.07) is 12.5. The van der Waals surface area contributed by atoms with Gasteiger partial charge in [-0.2, -0.15) is 0 Å². The van der Waals surface area contributed by atoms with E-state index in [1.807, 2.05) is 30.3 Å². The molecule has 0 fully saturated rings. The van der Waals surface area contributed by atoms with Crippen LogP contribution in [0, 0.1) is 0 Å². The SMILES string of the molecule is CCC(COC)Nc1ccc(C(N)=S)c2ccccc12. The number of hydrogen-bond donors (Lipinski definition) is 2. The minimum Gasteiger partial charge on any atom is -0.389 e. The van der Waals surface area contributed by atoms with Gasteiger partial charge in [0.15, 0.2) is 0 Å². The molecule has 106 valence electrons. The number of hydrogen-bond acceptors (Lipinski definition) is 3. The Morgan fingerprint density at radius 1 is 1.25 bits per heavy atom. The average Bonchev–Trinajstić information content (AvgIpc) is 2.46. The highest BCUT2D eigenvalue weighted by atomic mass is 32.1. The molecular formula is C16H20N2OS. The molecule has 0 bridgehead atoms. The molecule has 0 amide bonds. The monoisotopic (exact) mass is 288 g/mol. The number of anilines is 1. The Labute approximate surface area is 125 Å². The van der Waals surface area contributed by atoms with Gasteiger partial charge in [-0.3, -0.25) is 0 Å². The Kier molecular flexibility index (Phi) is 4.93. The molecule has 4 heteroatoms. The molecule has 0 heterocycles. The average molecular weight is 288 g/mol. The van der Waals surface area contributed by atoms with Crippen molar-refractivity contribution in [3.8, 4) is 0 Å². The zero-order valence-electron chi connectivity index (χ0n) is 11.8. The highest BCUT2D eigenvalue weighted by Gasteiger charge is 2.11. The van der Waals surface area contributed by atoms with E-state index >= 15 is 0 Å². The van der Waals surface area contributed by atoms with Crippen LogP contribution in [0.25, 0.3) is 10.8 Å². The number of benzene rings is 2. The summed E-state index contributed by atoms with van der Waals surface area (Å²) < 4.78 is 5.24. The normalized spacial score (nSPS) is 12.3. The van der Waals surface area contributed by atoms with Crippen LogP contribution < -0.4 is 11.1 Å². The van der Waals surface area contributed by atoms with E-state index in [-0.39, 0.29) is 0 Å². The molecular weight excluding hydrogens is 268 g/mol. The van der Waals surface area contributed by atoms with Gasteiger partial charge >= 0.3 is 0 Å². The minimum absolute atomic E-state index is 0.291. The second kappa shape index (κ2) is 6.68. The summed E-state index contributed by atoms with van der Waals surface area (Å²) in [5.74, 6) is 0. The van der Waals surface area contributed by atoms with E-state index in [1.165, 1.54) is 0 Å². The van der Waals surface area contributed by atoms with E-state index < -0.39 is 0 Å². The molecule has 0 aliphatic rings. The van der Waals surface area contributed by atoms with Crippen LogP contribution in [0.2, 0.25) is 0 Å². The first-order valence-electron chi connectivity index (χ1n) is 6.74. The second-order valence-electron chi connectivity index (χ2n) is 4.78. The van der Waals surface area contributed by atoms with Gasteiger partial charge in [0, 0.05) is 29.8 Å². The predicted molar refractivity (Wildman–Crippen MR) is 89.4 cm³/mol. The molecule has 0 spiro atoms. The fourth-order valence-corrected chi connectivity index (χ4v) is 2.50. The highest BCUT2D eigenvalue weighted by molar-refractivity contribution is 7.80. The molecule has 0 aliphatic heterocycles. The maximum Gasteiger partial charge on any atom is 0.104 e. The molecule has 20 heavy (non-hydrogen) atoms. The third kappa shape index (κ3) is 3.08. The van der Waals surface area contributed by atoms with Crippen molar-refractivity contribution in [3.63, 3.8) is 0 Å². The highest BCUT2D eigenvalue weighted by Crippen LogP contribution is 2.27. The number of nitrogens with one attached hydrogen (secondary N) is 1. The minimum atomic E-state index is 0.291. The lowest BCUT2D eigenvalue weighted by Crippen LogP contribution is -2.24. The zero-order chi connectivity index (χ0) is 14.5. The third-order valence-electron chi connectivity index (χ3n) is 3.41. The Morgan fingerprint density at radius 2 is 1.95 bits per heavy atom. The summed E-state index contributed by atoms with van der Waals surface area (Å²) in [6.45, 7) is 2.82. The van der Waals surface area contributed by atoms with Crippen molar-refractivity contribution in [3.05, 3.63) is 42.0 Å². The van der Waals surface area contributed by atoms with Crippen LogP contribution in [0.1, 0.15) is 18.9 Å². The summed E-state index contributed by atoms with van der Waals surface area (Å²) in [5.41, 5.74) is 7.80. The number of rotatable bonds is 6. The molecule has 3 nitrogen and oxygen atoms in total. The quantitative estimate of drug-likeness (QED) is 0.801. The smallest absolute Gasteiger partial charge is 0.104 e. The van der Waals surface area contributed by atoms with Gasteiger partial charge in [0.2, 0.25) is 0 Å². The first kappa shape index (κ1) is 14.8. The summed E-state index contributed by atoms with van der Waals surface area (Å²) in [6.07, 6.45) is 0.999. The van der Waals surface area contributed by atoms with Gasteiger partial charge in [0.25, 0.3) is 0 Å². The molecule has 0 aliphatic carbocycles. The van der Waals surface area contributed by atoms with E-state index in [1.54, 1.807) is 7.11 Å². The maximum atomic E-state index is 5.80. The molecule has 1 atom stereocenters. The molecule has 0 aromatic heterocycles. The number of nitrogens with two attached hydrogens (primary N) is 1. The number of methoxy groups -OCH3 is 1. The molecule has 0 saturated heterocycles. The van der Waals surface area contributed by atoms with Crippen LogP contribution in [0.4, 0.5) is 5.69 Å². The van der Waals surface area contributed by atoms with E-state index in [2.05, 4.69) is 18.3 Å². The first-order chi connectivity index (χ1) is 9.67. The fourth-order valence-electron chi connectivity index (χ4n) is 2.32. The Hall–Kier alpha value is -1.65. The molecule has 3 N–H and O–H groups in total. The summed E-state index contributed by atoms with van der Waals surface area (Å²) >= 11 is 5.12. The molecule has 0 saturated carbocycles. The molecule has 1 unspecified atom stereocenters. The second-order valence-corrected chi connectivity index (χ2v) is 5.22. The Balaban J connectivity index is 2.45. The fraction of sp³-hybridized carbons (Fsp3) is 0.312. The summed E-state index contributed by atoms with van der Waals surface area (Å²) in [5, 5.41) is 5.74. The van der Waals surface area contributed by atoms with Gasteiger partial charge < -0.3 is 15.8 Å². The standard InChI is InChI=1S/C16H20N2OS/c1-3-11(10-19-2)18-15-9-8-14(16(17)20)12-6-4-5-7-13(12)15/h4-9,11,18H,3,10H2,1-2H3,(H2,17,20). The van der Waals surface area contributed by atoms with Gasteiger partial charge in [-0.05, 0) is 23.9 Å². The predicted octanol–water partition coefficient (Wildman–Crippen LogP) is 3.31. The van der Waals surface area contributed by atoms with Gasteiger partial charge in [0.1, 0.15) is 4.99 Å². The topological polar surface area (TPSA) is 47.3 Å². The van der Waals surface area contributed by atoms with Crippen molar-refractivity contribution in [1.82, 2.24) is 0 Å². The Bertz CT molecular complexity index is 612. The zero-order valence-corrected chi connectivity index (χ0v) is 12.7. The van der Waals surface area contributed by atoms with Crippen LogP contribution >= 0.6 is 12.2 Å². The van der Waals surface area contributed by atoms with Crippen molar-refractivity contribution >= 4 is 33.7 Å². The van der Waals surface area contributed by atoms with Crippen LogP contribution in [0.15, 0.2) is 36.4 Å². The lowest BCUT2D eigenvalue weighted by Gasteiger charge is -2.19. The van der Waals surface area contributed by atoms with Crippen molar-refractivity contribution in [2.75, 3.05) is 19.0 Å². The van der Waals surface area contributed by atoms with Gasteiger partial charge in [0.05, 0.1) is 6.61 Å². The largest absolute Gasteiger partial charge is 0.389 e. The van der Waals surface area contributed by atoms with Gasteiger partial charge in [-0.15, -0.1) is 0 Å². The van der Waals surface area contributed by atoms with Crippen LogP contribution in [0.5, 0.6) is 0 Å². The van der Waals surface area contributed by atoms with E-state index in [9.17, 15) is 0 Å². The van der Waals surface area contributed by atoms with Crippen LogP contribution in [0.3, 0.4) is 0 Å². The first-order valence-corrected chi connectivity index (χ1v) is 7.15. The number of thiocarbonyl (C=S) groups is 1. The lowest BCUT2D eigenvalue weighted by atomic mass is 10.0. The van der Waals surface area contributed by atoms with E-state index in [0.29, 0.717) is 17.6 Å². The molecule has 2 aromatic carbocycles. The van der Waals surface area contributed by atoms with Gasteiger partial charge in [-0.25, -0.2) is 0 Å². The summed E-state index contributed by atoms with van der Waals surface area (Å²) in [7, 11) is 1.72. The van der Waals surface area contributed by atoms with Crippen molar-refractivity contribution in [2.45, 2.75) is 19.4 Å². The Morgan fingerprint density at radius 3 is 2.55 bits per heavy atom. The maximum absolute atomic E-state index is 5.80. The van der Waals surface area contributed by atoms with Crippen LogP contribution in [-0.2, 0) is 4.74 Å². The number of ether oxygens (including phenoxy) is 1. The van der Waals surface area contributed by atoms with E-state index in [4.69, 9.17) is 22.7 Å². The molecule has 2 rings (SSSR count). The number of fused-ring (bicyclic) bond motifs is 1. The lowest BCUT2D eigenvalue weighted by molar-refractivity contribution is 0.184. The van der Waals surface area contributed by atoms with Crippen molar-refractivity contribution < 1.29 is 4.74 Å². The van der Waals surface area contributed by atoms with Crippen molar-refractivity contribution in [2.24, 2.45) is 5.73 Å².